The van der Waals surface area contributed by atoms with E-state index in [0.717, 1.165) is 12.1 Å². The van der Waals surface area contributed by atoms with Gasteiger partial charge in [-0.1, -0.05) is 11.6 Å². The number of ether oxygens (including phenoxy) is 2. The lowest BCUT2D eigenvalue weighted by atomic mass is 10.1. The molecule has 2 aromatic rings. The molecule has 1 aromatic heterocycles. The first-order chi connectivity index (χ1) is 11.1. The summed E-state index contributed by atoms with van der Waals surface area (Å²) in [4.78, 5) is 15.3. The van der Waals surface area contributed by atoms with Crippen LogP contribution in [0.1, 0.15) is 23.0 Å². The number of nitrogens with zero attached hydrogens (tertiary/aromatic N) is 1. The molecule has 0 atom stereocenters. The van der Waals surface area contributed by atoms with Crippen molar-refractivity contribution in [2.75, 3.05) is 6.61 Å². The molecule has 0 saturated carbocycles. The number of alkyl halides is 5. The molecule has 0 unspecified atom stereocenters. The van der Waals surface area contributed by atoms with Crippen LogP contribution in [0.25, 0.3) is 10.9 Å². The first kappa shape index (κ1) is 18.2. The molecule has 0 aliphatic carbocycles. The molecule has 0 saturated heterocycles. The van der Waals surface area contributed by atoms with Crippen LogP contribution in [0.15, 0.2) is 18.2 Å². The van der Waals surface area contributed by atoms with Crippen LogP contribution < -0.4 is 4.74 Å². The maximum absolute atomic E-state index is 13.2. The lowest BCUT2D eigenvalue weighted by molar-refractivity contribution is -0.136. The number of rotatable bonds is 4. The zero-order valence-corrected chi connectivity index (χ0v) is 12.7. The Morgan fingerprint density at radius 3 is 2.50 bits per heavy atom. The summed E-state index contributed by atoms with van der Waals surface area (Å²) in [5.74, 6) is -1.68. The third-order valence-corrected chi connectivity index (χ3v) is 3.16. The Kier molecular flexibility index (Phi) is 5.12. The van der Waals surface area contributed by atoms with Crippen LogP contribution in [0.5, 0.6) is 5.75 Å². The second kappa shape index (κ2) is 6.76. The van der Waals surface area contributed by atoms with Crippen molar-refractivity contribution in [1.82, 2.24) is 4.98 Å². The van der Waals surface area contributed by atoms with Gasteiger partial charge in [-0.25, -0.2) is 9.78 Å². The SMILES string of the molecule is CCOC(=O)c1cc(Cl)c2cc(OC(F)F)cc(C(F)(F)F)c2n1. The molecule has 0 amide bonds. The standard InChI is InChI=1S/C14H9ClF5NO3/c1-2-23-12(22)10-5-9(15)7-3-6(24-13(16)17)4-8(11(7)21-10)14(18,19)20/h3-5,13H,2H2,1H3. The maximum atomic E-state index is 13.2. The fourth-order valence-electron chi connectivity index (χ4n) is 1.96. The molecule has 0 fully saturated rings. The minimum absolute atomic E-state index is 0.0105. The molecule has 0 aliphatic rings. The monoisotopic (exact) mass is 369 g/mol. The van der Waals surface area contributed by atoms with Crippen LogP contribution in [0.4, 0.5) is 22.0 Å². The van der Waals surface area contributed by atoms with Crippen molar-refractivity contribution in [3.8, 4) is 5.75 Å². The molecule has 1 heterocycles. The molecule has 10 heteroatoms. The van der Waals surface area contributed by atoms with E-state index in [1.807, 2.05) is 0 Å². The van der Waals surface area contributed by atoms with E-state index in [9.17, 15) is 26.7 Å². The van der Waals surface area contributed by atoms with Crippen molar-refractivity contribution in [3.05, 3.63) is 34.5 Å². The highest BCUT2D eigenvalue weighted by atomic mass is 35.5. The average Bonchev–Trinajstić information content (AvgIpc) is 2.45. The average molecular weight is 370 g/mol. The number of carbonyl (C=O) groups is 1. The Bertz CT molecular complexity index is 779. The summed E-state index contributed by atoms with van der Waals surface area (Å²) < 4.78 is 72.9. The van der Waals surface area contributed by atoms with E-state index in [-0.39, 0.29) is 17.0 Å². The molecule has 0 spiro atoms. The Labute approximate surface area is 137 Å². The summed E-state index contributed by atoms with van der Waals surface area (Å²) in [7, 11) is 0. The van der Waals surface area contributed by atoms with Crippen molar-refractivity contribution < 1.29 is 36.2 Å². The number of carbonyl (C=O) groups excluding carboxylic acids is 1. The van der Waals surface area contributed by atoms with Gasteiger partial charge in [-0.3, -0.25) is 0 Å². The molecule has 24 heavy (non-hydrogen) atoms. The molecule has 1 aromatic carbocycles. The molecule has 0 bridgehead atoms. The zero-order chi connectivity index (χ0) is 18.1. The van der Waals surface area contributed by atoms with Crippen LogP contribution in [-0.2, 0) is 10.9 Å². The number of fused-ring (bicyclic) bond motifs is 1. The molecular formula is C14H9ClF5NO3. The minimum Gasteiger partial charge on any atom is -0.461 e. The fraction of sp³-hybridized carbons (Fsp3) is 0.286. The fourth-order valence-corrected chi connectivity index (χ4v) is 2.21. The predicted molar refractivity (Wildman–Crippen MR) is 74.3 cm³/mol. The number of pyridine rings is 1. The molecule has 0 N–H and O–H groups in total. The number of hydrogen-bond acceptors (Lipinski definition) is 4. The summed E-state index contributed by atoms with van der Waals surface area (Å²) in [6.45, 7) is -1.81. The van der Waals surface area contributed by atoms with E-state index in [2.05, 4.69) is 14.5 Å². The first-order valence-electron chi connectivity index (χ1n) is 6.47. The van der Waals surface area contributed by atoms with Gasteiger partial charge in [0.1, 0.15) is 5.75 Å². The van der Waals surface area contributed by atoms with Gasteiger partial charge in [0.15, 0.2) is 5.69 Å². The van der Waals surface area contributed by atoms with Gasteiger partial charge in [0.25, 0.3) is 0 Å². The van der Waals surface area contributed by atoms with Crippen molar-refractivity contribution in [3.63, 3.8) is 0 Å². The van der Waals surface area contributed by atoms with E-state index < -0.39 is 41.3 Å². The van der Waals surface area contributed by atoms with E-state index in [1.54, 1.807) is 0 Å². The third-order valence-electron chi connectivity index (χ3n) is 2.85. The highest BCUT2D eigenvalue weighted by Gasteiger charge is 2.35. The summed E-state index contributed by atoms with van der Waals surface area (Å²) in [5, 5.41) is -0.566. The van der Waals surface area contributed by atoms with Gasteiger partial charge in [0.2, 0.25) is 0 Å². The Morgan fingerprint density at radius 1 is 1.29 bits per heavy atom. The van der Waals surface area contributed by atoms with Gasteiger partial charge in [-0.05, 0) is 25.1 Å². The van der Waals surface area contributed by atoms with Crippen molar-refractivity contribution in [2.24, 2.45) is 0 Å². The summed E-state index contributed by atoms with van der Waals surface area (Å²) in [6.07, 6.45) is -4.93. The number of aromatic nitrogens is 1. The second-order valence-electron chi connectivity index (χ2n) is 4.45. The number of benzene rings is 1. The topological polar surface area (TPSA) is 48.4 Å². The van der Waals surface area contributed by atoms with E-state index in [0.29, 0.717) is 6.07 Å². The molecule has 130 valence electrons. The van der Waals surface area contributed by atoms with Crippen LogP contribution >= 0.6 is 11.6 Å². The second-order valence-corrected chi connectivity index (χ2v) is 4.86. The number of halogens is 6. The molecule has 4 nitrogen and oxygen atoms in total. The summed E-state index contributed by atoms with van der Waals surface area (Å²) in [6, 6.07) is 2.25. The predicted octanol–water partition coefficient (Wildman–Crippen LogP) is 4.69. The lowest BCUT2D eigenvalue weighted by Gasteiger charge is -2.14. The Balaban J connectivity index is 2.73. The van der Waals surface area contributed by atoms with Gasteiger partial charge in [0.05, 0.1) is 22.7 Å². The lowest BCUT2D eigenvalue weighted by Crippen LogP contribution is -2.12. The van der Waals surface area contributed by atoms with E-state index >= 15 is 0 Å². The molecular weight excluding hydrogens is 361 g/mol. The largest absolute Gasteiger partial charge is 0.461 e. The molecule has 0 aliphatic heterocycles. The van der Waals surface area contributed by atoms with Crippen LogP contribution in [-0.4, -0.2) is 24.2 Å². The number of esters is 1. The van der Waals surface area contributed by atoms with Crippen LogP contribution in [0, 0.1) is 0 Å². The quantitative estimate of drug-likeness (QED) is 0.579. The highest BCUT2D eigenvalue weighted by Crippen LogP contribution is 2.39. The van der Waals surface area contributed by atoms with Gasteiger partial charge >= 0.3 is 18.8 Å². The van der Waals surface area contributed by atoms with Gasteiger partial charge in [-0.2, -0.15) is 22.0 Å². The van der Waals surface area contributed by atoms with Crippen LogP contribution in [0.3, 0.4) is 0 Å². The normalized spacial score (nSPS) is 11.8. The molecule has 0 radical (unpaired) electrons. The number of hydrogen-bond donors (Lipinski definition) is 0. The summed E-state index contributed by atoms with van der Waals surface area (Å²) >= 11 is 5.88. The first-order valence-corrected chi connectivity index (χ1v) is 6.84. The smallest absolute Gasteiger partial charge is 0.418 e. The van der Waals surface area contributed by atoms with Crippen molar-refractivity contribution in [1.29, 1.82) is 0 Å². The van der Waals surface area contributed by atoms with Crippen LogP contribution in [0.2, 0.25) is 5.02 Å². The maximum Gasteiger partial charge on any atom is 0.418 e. The van der Waals surface area contributed by atoms with Gasteiger partial charge < -0.3 is 9.47 Å². The Morgan fingerprint density at radius 2 is 1.96 bits per heavy atom. The minimum atomic E-state index is -4.93. The molecule has 2 rings (SSSR count). The van der Waals surface area contributed by atoms with Gasteiger partial charge in [-0.15, -0.1) is 0 Å². The van der Waals surface area contributed by atoms with Crippen molar-refractivity contribution in [2.45, 2.75) is 19.7 Å². The van der Waals surface area contributed by atoms with Crippen molar-refractivity contribution >= 4 is 28.5 Å². The zero-order valence-electron chi connectivity index (χ0n) is 12.0. The van der Waals surface area contributed by atoms with E-state index in [4.69, 9.17) is 11.6 Å². The van der Waals surface area contributed by atoms with E-state index in [1.165, 1.54) is 6.92 Å². The summed E-state index contributed by atoms with van der Waals surface area (Å²) in [5.41, 5.74) is -2.45. The van der Waals surface area contributed by atoms with Gasteiger partial charge in [0, 0.05) is 5.39 Å². The Hall–Kier alpha value is -2.16. The highest BCUT2D eigenvalue weighted by molar-refractivity contribution is 6.35. The third kappa shape index (κ3) is 3.84.